The topological polar surface area (TPSA) is 87.0 Å². The first-order valence-corrected chi connectivity index (χ1v) is 8.27. The molecule has 0 aliphatic rings. The fraction of sp³-hybridized carbons (Fsp3) is 0.350. The molecule has 0 amide bonds. The van der Waals surface area contributed by atoms with Crippen molar-refractivity contribution in [3.63, 3.8) is 0 Å². The Morgan fingerprint density at radius 1 is 1.04 bits per heavy atom. The Morgan fingerprint density at radius 3 is 2.32 bits per heavy atom. The van der Waals surface area contributed by atoms with E-state index in [0.717, 1.165) is 5.56 Å². The minimum absolute atomic E-state index is 0.0154. The van der Waals surface area contributed by atoms with Gasteiger partial charge in [0.2, 0.25) is 0 Å². The quantitative estimate of drug-likeness (QED) is 0.691. The van der Waals surface area contributed by atoms with E-state index in [1.165, 1.54) is 12.1 Å². The number of carbonyl (C=O) groups excluding carboxylic acids is 1. The fourth-order valence-electron chi connectivity index (χ4n) is 2.95. The number of Topliss-reactive ketones (excluding diaryl/α,β-unsaturated/α-hetero) is 1. The predicted molar refractivity (Wildman–Crippen MR) is 95.9 cm³/mol. The highest BCUT2D eigenvalue weighted by Crippen LogP contribution is 2.38. The van der Waals surface area contributed by atoms with Crippen LogP contribution >= 0.6 is 0 Å². The number of phenolic OH excluding ortho intramolecular Hbond substituents is 3. The third-order valence-electron chi connectivity index (χ3n) is 4.47. The van der Waals surface area contributed by atoms with Crippen molar-refractivity contribution in [1.29, 1.82) is 0 Å². The van der Waals surface area contributed by atoms with Crippen LogP contribution in [-0.2, 0) is 6.42 Å². The molecule has 0 unspecified atom stereocenters. The van der Waals surface area contributed by atoms with Crippen LogP contribution < -0.4 is 4.74 Å². The SMILES string of the molecule is CCOc1c(C)c(C)c(O)c(C(=O)CCc2ccc(O)cc2O)c1C. The first-order valence-electron chi connectivity index (χ1n) is 8.27. The van der Waals surface area contributed by atoms with Gasteiger partial charge in [0.05, 0.1) is 12.2 Å². The van der Waals surface area contributed by atoms with E-state index < -0.39 is 0 Å². The lowest BCUT2D eigenvalue weighted by molar-refractivity contribution is 0.0979. The van der Waals surface area contributed by atoms with Gasteiger partial charge in [-0.3, -0.25) is 4.79 Å². The molecule has 2 aromatic rings. The van der Waals surface area contributed by atoms with Crippen molar-refractivity contribution in [3.05, 3.63) is 46.0 Å². The lowest BCUT2D eigenvalue weighted by Crippen LogP contribution is -2.09. The van der Waals surface area contributed by atoms with Gasteiger partial charge in [0.15, 0.2) is 5.78 Å². The number of hydrogen-bond donors (Lipinski definition) is 3. The van der Waals surface area contributed by atoms with E-state index in [9.17, 15) is 20.1 Å². The molecule has 134 valence electrons. The molecule has 0 heterocycles. The van der Waals surface area contributed by atoms with Gasteiger partial charge in [0.25, 0.3) is 0 Å². The minimum atomic E-state index is -0.216. The maximum absolute atomic E-state index is 12.7. The largest absolute Gasteiger partial charge is 0.508 e. The Kier molecular flexibility index (Phi) is 5.57. The minimum Gasteiger partial charge on any atom is -0.508 e. The van der Waals surface area contributed by atoms with Crippen LogP contribution in [0.5, 0.6) is 23.0 Å². The number of carbonyl (C=O) groups is 1. The summed E-state index contributed by atoms with van der Waals surface area (Å²) in [6.07, 6.45) is 0.432. The van der Waals surface area contributed by atoms with Gasteiger partial charge in [0.1, 0.15) is 23.0 Å². The van der Waals surface area contributed by atoms with E-state index in [4.69, 9.17) is 4.74 Å². The summed E-state index contributed by atoms with van der Waals surface area (Å²) in [5, 5.41) is 29.6. The number of benzene rings is 2. The van der Waals surface area contributed by atoms with Crippen molar-refractivity contribution >= 4 is 5.78 Å². The van der Waals surface area contributed by atoms with Crippen molar-refractivity contribution in [1.82, 2.24) is 0 Å². The zero-order chi connectivity index (χ0) is 18.7. The van der Waals surface area contributed by atoms with Crippen LogP contribution in [0, 0.1) is 20.8 Å². The molecule has 0 atom stereocenters. The Bertz CT molecular complexity index is 808. The van der Waals surface area contributed by atoms with E-state index in [2.05, 4.69) is 0 Å². The summed E-state index contributed by atoms with van der Waals surface area (Å²) in [6, 6.07) is 4.29. The molecule has 2 aromatic carbocycles. The summed E-state index contributed by atoms with van der Waals surface area (Å²) in [5.41, 5.74) is 2.92. The van der Waals surface area contributed by atoms with Crippen LogP contribution in [0.3, 0.4) is 0 Å². The van der Waals surface area contributed by atoms with Crippen molar-refractivity contribution in [2.45, 2.75) is 40.5 Å². The molecule has 25 heavy (non-hydrogen) atoms. The monoisotopic (exact) mass is 344 g/mol. The lowest BCUT2D eigenvalue weighted by atomic mass is 9.92. The Hall–Kier alpha value is -2.69. The normalized spacial score (nSPS) is 10.7. The van der Waals surface area contributed by atoms with Crippen molar-refractivity contribution < 1.29 is 24.9 Å². The van der Waals surface area contributed by atoms with E-state index in [-0.39, 0.29) is 35.0 Å². The summed E-state index contributed by atoms with van der Waals surface area (Å²) in [6.45, 7) is 7.73. The number of rotatable bonds is 6. The number of aromatic hydroxyl groups is 3. The molecule has 5 nitrogen and oxygen atoms in total. The van der Waals surface area contributed by atoms with Crippen LogP contribution in [0.1, 0.15) is 46.0 Å². The number of phenols is 3. The standard InChI is InChI=1S/C20H24O5/c1-5-25-20-12(3)11(2)19(24)18(13(20)4)16(22)9-7-14-6-8-15(21)10-17(14)23/h6,8,10,21,23-24H,5,7,9H2,1-4H3. The first-order chi connectivity index (χ1) is 11.8. The van der Waals surface area contributed by atoms with Gasteiger partial charge < -0.3 is 20.1 Å². The lowest BCUT2D eigenvalue weighted by Gasteiger charge is -2.18. The highest BCUT2D eigenvalue weighted by molar-refractivity contribution is 6.01. The molecule has 0 fully saturated rings. The zero-order valence-electron chi connectivity index (χ0n) is 15.0. The Labute approximate surface area is 147 Å². The van der Waals surface area contributed by atoms with E-state index in [0.29, 0.717) is 35.5 Å². The highest BCUT2D eigenvalue weighted by atomic mass is 16.5. The van der Waals surface area contributed by atoms with Crippen LogP contribution in [0.25, 0.3) is 0 Å². The zero-order valence-corrected chi connectivity index (χ0v) is 15.0. The molecule has 0 saturated heterocycles. The van der Waals surface area contributed by atoms with E-state index in [1.54, 1.807) is 19.9 Å². The summed E-state index contributed by atoms with van der Waals surface area (Å²) in [4.78, 5) is 12.7. The molecule has 2 rings (SSSR count). The molecule has 3 N–H and O–H groups in total. The molecule has 0 aromatic heterocycles. The van der Waals surface area contributed by atoms with Gasteiger partial charge in [-0.1, -0.05) is 6.07 Å². The van der Waals surface area contributed by atoms with E-state index in [1.807, 2.05) is 13.8 Å². The molecule has 0 radical (unpaired) electrons. The number of hydrogen-bond acceptors (Lipinski definition) is 5. The number of ether oxygens (including phenoxy) is 1. The molecule has 0 aliphatic heterocycles. The van der Waals surface area contributed by atoms with Crippen LogP contribution in [0.2, 0.25) is 0 Å². The second kappa shape index (κ2) is 7.47. The molecule has 0 bridgehead atoms. The Balaban J connectivity index is 2.32. The average molecular weight is 344 g/mol. The van der Waals surface area contributed by atoms with E-state index >= 15 is 0 Å². The fourth-order valence-corrected chi connectivity index (χ4v) is 2.95. The van der Waals surface area contributed by atoms with Crippen molar-refractivity contribution in [2.75, 3.05) is 6.61 Å². The van der Waals surface area contributed by atoms with Gasteiger partial charge >= 0.3 is 0 Å². The van der Waals surface area contributed by atoms with Crippen molar-refractivity contribution in [3.8, 4) is 23.0 Å². The predicted octanol–water partition coefficient (Wildman–Crippen LogP) is 3.94. The van der Waals surface area contributed by atoms with Crippen molar-refractivity contribution in [2.24, 2.45) is 0 Å². The van der Waals surface area contributed by atoms with Crippen LogP contribution in [0.4, 0.5) is 0 Å². The van der Waals surface area contributed by atoms with Gasteiger partial charge in [-0.25, -0.2) is 0 Å². The molecular weight excluding hydrogens is 320 g/mol. The second-order valence-corrected chi connectivity index (χ2v) is 6.10. The molecule has 5 heteroatoms. The first kappa shape index (κ1) is 18.6. The van der Waals surface area contributed by atoms with Gasteiger partial charge in [-0.2, -0.15) is 0 Å². The maximum Gasteiger partial charge on any atom is 0.167 e. The Morgan fingerprint density at radius 2 is 1.72 bits per heavy atom. The summed E-state index contributed by atoms with van der Waals surface area (Å²) >= 11 is 0. The molecule has 0 saturated carbocycles. The molecule has 0 spiro atoms. The number of ketones is 1. The third kappa shape index (κ3) is 3.71. The summed E-state index contributed by atoms with van der Waals surface area (Å²) in [7, 11) is 0. The highest BCUT2D eigenvalue weighted by Gasteiger charge is 2.22. The smallest absolute Gasteiger partial charge is 0.167 e. The summed E-state index contributed by atoms with van der Waals surface area (Å²) in [5.74, 6) is 0.318. The number of aryl methyl sites for hydroxylation is 1. The maximum atomic E-state index is 12.7. The molecular formula is C20H24O5. The van der Waals surface area contributed by atoms with Gasteiger partial charge in [-0.15, -0.1) is 0 Å². The third-order valence-corrected chi connectivity index (χ3v) is 4.47. The van der Waals surface area contributed by atoms with Crippen LogP contribution in [-0.4, -0.2) is 27.7 Å². The average Bonchev–Trinajstić information content (AvgIpc) is 2.56. The molecule has 0 aliphatic carbocycles. The van der Waals surface area contributed by atoms with Gasteiger partial charge in [-0.05, 0) is 56.9 Å². The van der Waals surface area contributed by atoms with Crippen LogP contribution in [0.15, 0.2) is 18.2 Å². The van der Waals surface area contributed by atoms with Gasteiger partial charge in [0, 0.05) is 18.1 Å². The summed E-state index contributed by atoms with van der Waals surface area (Å²) < 4.78 is 5.66. The second-order valence-electron chi connectivity index (χ2n) is 6.10.